The van der Waals surface area contributed by atoms with Gasteiger partial charge in [0.25, 0.3) is 0 Å². The maximum atomic E-state index is 5.99. The molecule has 0 saturated carbocycles. The van der Waals surface area contributed by atoms with Crippen molar-refractivity contribution in [2.75, 3.05) is 5.32 Å². The second kappa shape index (κ2) is 5.93. The van der Waals surface area contributed by atoms with Crippen LogP contribution in [0.2, 0.25) is 5.02 Å². The van der Waals surface area contributed by atoms with Gasteiger partial charge >= 0.3 is 6.01 Å². The van der Waals surface area contributed by atoms with Crippen LogP contribution >= 0.6 is 11.6 Å². The molecule has 7 nitrogen and oxygen atoms in total. The van der Waals surface area contributed by atoms with E-state index in [1.54, 1.807) is 12.1 Å². The van der Waals surface area contributed by atoms with Crippen LogP contribution in [-0.4, -0.2) is 24.7 Å². The summed E-state index contributed by atoms with van der Waals surface area (Å²) in [7, 11) is 0. The Kier molecular flexibility index (Phi) is 3.62. The lowest BCUT2D eigenvalue weighted by Gasteiger charge is -2.09. The molecule has 1 atom stereocenters. The predicted octanol–water partition coefficient (Wildman–Crippen LogP) is 3.61. The fraction of sp³-hybridized carbons (Fsp3) is 0.125. The lowest BCUT2D eigenvalue weighted by Crippen LogP contribution is -2.10. The molecule has 1 unspecified atom stereocenters. The van der Waals surface area contributed by atoms with Crippen LogP contribution in [0.5, 0.6) is 0 Å². The third kappa shape index (κ3) is 2.69. The largest absolute Gasteiger partial charge is 0.328 e. The van der Waals surface area contributed by atoms with Gasteiger partial charge in [-0.3, -0.25) is 4.40 Å². The molecule has 0 aliphatic rings. The van der Waals surface area contributed by atoms with Crippen molar-refractivity contribution in [1.82, 2.24) is 24.7 Å². The molecule has 1 aromatic carbocycles. The summed E-state index contributed by atoms with van der Waals surface area (Å²) in [5.41, 5.74) is 1.58. The van der Waals surface area contributed by atoms with Gasteiger partial charge in [0.15, 0.2) is 11.5 Å². The maximum absolute atomic E-state index is 5.99. The van der Waals surface area contributed by atoms with Crippen LogP contribution in [0.15, 0.2) is 53.2 Å². The van der Waals surface area contributed by atoms with Crippen LogP contribution in [0.25, 0.3) is 17.0 Å². The van der Waals surface area contributed by atoms with Crippen molar-refractivity contribution in [3.63, 3.8) is 0 Å². The molecule has 24 heavy (non-hydrogen) atoms. The molecule has 0 radical (unpaired) electrons. The van der Waals surface area contributed by atoms with E-state index in [2.05, 4.69) is 25.7 Å². The average Bonchev–Trinajstić information content (AvgIpc) is 3.21. The summed E-state index contributed by atoms with van der Waals surface area (Å²) >= 11 is 5.99. The predicted molar refractivity (Wildman–Crippen MR) is 89.8 cm³/mol. The molecule has 0 aliphatic carbocycles. The van der Waals surface area contributed by atoms with Crippen LogP contribution in [0.4, 0.5) is 6.01 Å². The van der Waals surface area contributed by atoms with Crippen molar-refractivity contribution in [2.45, 2.75) is 13.0 Å². The van der Waals surface area contributed by atoms with Gasteiger partial charge in [0.1, 0.15) is 0 Å². The number of rotatable bonds is 4. The SMILES string of the molecule is CC(Nc1nc(-c2cccc(Cl)c2)no1)c1nnc2ccccn12. The number of hydrogen-bond donors (Lipinski definition) is 1. The number of aromatic nitrogens is 5. The smallest absolute Gasteiger partial charge is 0.322 e. The monoisotopic (exact) mass is 340 g/mol. The molecule has 4 rings (SSSR count). The summed E-state index contributed by atoms with van der Waals surface area (Å²) in [6.45, 7) is 1.95. The van der Waals surface area contributed by atoms with Crippen molar-refractivity contribution in [1.29, 1.82) is 0 Å². The van der Waals surface area contributed by atoms with E-state index < -0.39 is 0 Å². The van der Waals surface area contributed by atoms with Gasteiger partial charge in [0, 0.05) is 16.8 Å². The topological polar surface area (TPSA) is 81.1 Å². The molecule has 0 saturated heterocycles. The molecule has 0 bridgehead atoms. The first-order valence-corrected chi connectivity index (χ1v) is 7.74. The van der Waals surface area contributed by atoms with Crippen LogP contribution in [0.3, 0.4) is 0 Å². The number of halogens is 1. The van der Waals surface area contributed by atoms with Crippen molar-refractivity contribution in [3.05, 3.63) is 59.5 Å². The third-order valence-electron chi connectivity index (χ3n) is 3.58. The highest BCUT2D eigenvalue weighted by atomic mass is 35.5. The molecule has 3 heterocycles. The van der Waals surface area contributed by atoms with Crippen LogP contribution in [0, 0.1) is 0 Å². The van der Waals surface area contributed by atoms with Gasteiger partial charge in [0.2, 0.25) is 5.82 Å². The van der Waals surface area contributed by atoms with E-state index in [9.17, 15) is 0 Å². The second-order valence-corrected chi connectivity index (χ2v) is 5.72. The van der Waals surface area contributed by atoms with E-state index in [4.69, 9.17) is 16.1 Å². The van der Waals surface area contributed by atoms with Crippen LogP contribution in [0.1, 0.15) is 18.8 Å². The number of fused-ring (bicyclic) bond motifs is 1. The molecule has 0 fully saturated rings. The first kappa shape index (κ1) is 14.6. The molecular formula is C16H13ClN6O. The highest BCUT2D eigenvalue weighted by Gasteiger charge is 2.16. The van der Waals surface area contributed by atoms with Crippen LogP contribution in [-0.2, 0) is 0 Å². The molecule has 4 aromatic rings. The quantitative estimate of drug-likeness (QED) is 0.611. The van der Waals surface area contributed by atoms with Gasteiger partial charge in [-0.25, -0.2) is 0 Å². The number of benzene rings is 1. The van der Waals surface area contributed by atoms with E-state index in [-0.39, 0.29) is 6.04 Å². The number of nitrogens with zero attached hydrogens (tertiary/aromatic N) is 5. The van der Waals surface area contributed by atoms with Gasteiger partial charge in [0.05, 0.1) is 6.04 Å². The lowest BCUT2D eigenvalue weighted by atomic mass is 10.2. The molecular weight excluding hydrogens is 328 g/mol. The minimum absolute atomic E-state index is 0.157. The number of anilines is 1. The third-order valence-corrected chi connectivity index (χ3v) is 3.81. The maximum Gasteiger partial charge on any atom is 0.322 e. The van der Waals surface area contributed by atoms with Crippen molar-refractivity contribution in [3.8, 4) is 11.4 Å². The van der Waals surface area contributed by atoms with E-state index >= 15 is 0 Å². The Labute approximate surface area is 142 Å². The van der Waals surface area contributed by atoms with E-state index in [0.717, 1.165) is 17.0 Å². The molecule has 8 heteroatoms. The molecule has 0 amide bonds. The standard InChI is InChI=1S/C16H13ClN6O/c1-10(15-21-20-13-7-2-3-8-23(13)15)18-16-19-14(22-24-16)11-5-4-6-12(17)9-11/h2-10H,1H3,(H,18,19,22). The second-order valence-electron chi connectivity index (χ2n) is 5.29. The minimum atomic E-state index is -0.157. The summed E-state index contributed by atoms with van der Waals surface area (Å²) in [5.74, 6) is 1.23. The average molecular weight is 341 g/mol. The zero-order chi connectivity index (χ0) is 16.5. The summed E-state index contributed by atoms with van der Waals surface area (Å²) in [6.07, 6.45) is 1.91. The fourth-order valence-electron chi connectivity index (χ4n) is 2.43. The van der Waals surface area contributed by atoms with E-state index in [1.165, 1.54) is 0 Å². The van der Waals surface area contributed by atoms with Crippen molar-refractivity contribution >= 4 is 23.3 Å². The minimum Gasteiger partial charge on any atom is -0.328 e. The van der Waals surface area contributed by atoms with Crippen molar-refractivity contribution < 1.29 is 4.52 Å². The Hall–Kier alpha value is -2.93. The van der Waals surface area contributed by atoms with Gasteiger partial charge in [-0.2, -0.15) is 4.98 Å². The Morgan fingerprint density at radius 2 is 2.08 bits per heavy atom. The molecule has 1 N–H and O–H groups in total. The van der Waals surface area contributed by atoms with Gasteiger partial charge in [-0.1, -0.05) is 35.0 Å². The summed E-state index contributed by atoms with van der Waals surface area (Å²) in [6, 6.07) is 13.2. The molecule has 0 spiro atoms. The lowest BCUT2D eigenvalue weighted by molar-refractivity contribution is 0.428. The molecule has 3 aromatic heterocycles. The number of hydrogen-bond acceptors (Lipinski definition) is 6. The first-order chi connectivity index (χ1) is 11.7. The van der Waals surface area contributed by atoms with E-state index in [0.29, 0.717) is 16.9 Å². The van der Waals surface area contributed by atoms with Crippen molar-refractivity contribution in [2.24, 2.45) is 0 Å². The first-order valence-electron chi connectivity index (χ1n) is 7.36. The van der Waals surface area contributed by atoms with Gasteiger partial charge in [-0.15, -0.1) is 10.2 Å². The number of pyridine rings is 1. The number of nitrogens with one attached hydrogen (secondary N) is 1. The van der Waals surface area contributed by atoms with Gasteiger partial charge in [-0.05, 0) is 31.2 Å². The Morgan fingerprint density at radius 3 is 2.96 bits per heavy atom. The Bertz CT molecular complexity index is 995. The van der Waals surface area contributed by atoms with Crippen LogP contribution < -0.4 is 5.32 Å². The zero-order valence-electron chi connectivity index (χ0n) is 12.7. The van der Waals surface area contributed by atoms with E-state index in [1.807, 2.05) is 47.9 Å². The zero-order valence-corrected chi connectivity index (χ0v) is 13.5. The summed E-state index contributed by atoms with van der Waals surface area (Å²) in [4.78, 5) is 4.35. The highest BCUT2D eigenvalue weighted by molar-refractivity contribution is 6.30. The summed E-state index contributed by atoms with van der Waals surface area (Å²) < 4.78 is 7.18. The fourth-order valence-corrected chi connectivity index (χ4v) is 2.62. The van der Waals surface area contributed by atoms with Gasteiger partial charge < -0.3 is 9.84 Å². The normalized spacial score (nSPS) is 12.4. The highest BCUT2D eigenvalue weighted by Crippen LogP contribution is 2.23. The molecule has 0 aliphatic heterocycles. The molecule has 120 valence electrons. The summed E-state index contributed by atoms with van der Waals surface area (Å²) in [5, 5.41) is 16.1. The Balaban J connectivity index is 1.57. The Morgan fingerprint density at radius 1 is 1.17 bits per heavy atom.